The average molecular weight is 407 g/mol. The lowest BCUT2D eigenvalue weighted by Crippen LogP contribution is -2.52. The highest BCUT2D eigenvalue weighted by Gasteiger charge is 2.36. The molecular weight excluding hydrogens is 386 g/mol. The van der Waals surface area contributed by atoms with E-state index in [1.165, 1.54) is 0 Å². The molecule has 0 spiro atoms. The van der Waals surface area contributed by atoms with Crippen molar-refractivity contribution in [3.63, 3.8) is 0 Å². The summed E-state index contributed by atoms with van der Waals surface area (Å²) in [4.78, 5) is 41.3. The largest absolute Gasteiger partial charge is 0.352 e. The number of thiophene rings is 1. The second kappa shape index (κ2) is 7.11. The van der Waals surface area contributed by atoms with Gasteiger partial charge >= 0.3 is 0 Å². The standard InChI is InChI=1S/C21H21N5O2S/c1-24-12-17(14-4-2-3-5-15(14)20(24)27)21(28)26-9-7-25(8-10-26)18-16-6-11-29-19(16)23-13-22-18/h2-6,11,13,17H,7-10,12H2,1H3. The van der Waals surface area contributed by atoms with Crippen LogP contribution in [0.25, 0.3) is 10.2 Å². The Balaban J connectivity index is 1.34. The first-order chi connectivity index (χ1) is 14.1. The van der Waals surface area contributed by atoms with Crippen LogP contribution in [0.15, 0.2) is 42.0 Å². The van der Waals surface area contributed by atoms with Gasteiger partial charge in [-0.3, -0.25) is 9.59 Å². The molecule has 148 valence electrons. The van der Waals surface area contributed by atoms with Gasteiger partial charge in [0.2, 0.25) is 5.91 Å². The minimum atomic E-state index is -0.303. The first-order valence-electron chi connectivity index (χ1n) is 9.70. The smallest absolute Gasteiger partial charge is 0.253 e. The van der Waals surface area contributed by atoms with Crippen molar-refractivity contribution in [3.8, 4) is 0 Å². The van der Waals surface area contributed by atoms with E-state index in [1.807, 2.05) is 34.5 Å². The molecule has 1 unspecified atom stereocenters. The summed E-state index contributed by atoms with van der Waals surface area (Å²) < 4.78 is 0. The molecule has 0 bridgehead atoms. The number of piperazine rings is 1. The number of amides is 2. The van der Waals surface area contributed by atoms with E-state index >= 15 is 0 Å². The van der Waals surface area contributed by atoms with E-state index in [2.05, 4.69) is 20.9 Å². The van der Waals surface area contributed by atoms with Crippen LogP contribution >= 0.6 is 11.3 Å². The zero-order chi connectivity index (χ0) is 20.0. The average Bonchev–Trinajstić information content (AvgIpc) is 3.25. The van der Waals surface area contributed by atoms with Crippen LogP contribution in [0.1, 0.15) is 21.8 Å². The zero-order valence-corrected chi connectivity index (χ0v) is 16.9. The highest BCUT2D eigenvalue weighted by molar-refractivity contribution is 7.16. The second-order valence-corrected chi connectivity index (χ2v) is 8.37. The van der Waals surface area contributed by atoms with Gasteiger partial charge in [0.1, 0.15) is 17.0 Å². The van der Waals surface area contributed by atoms with Gasteiger partial charge in [0.15, 0.2) is 0 Å². The van der Waals surface area contributed by atoms with Crippen molar-refractivity contribution < 1.29 is 9.59 Å². The van der Waals surface area contributed by atoms with Gasteiger partial charge in [0, 0.05) is 45.3 Å². The van der Waals surface area contributed by atoms with Gasteiger partial charge in [0.05, 0.1) is 11.3 Å². The Labute approximate surface area is 172 Å². The fourth-order valence-corrected chi connectivity index (χ4v) is 4.98. The van der Waals surface area contributed by atoms with Crippen molar-refractivity contribution in [3.05, 3.63) is 53.2 Å². The van der Waals surface area contributed by atoms with Gasteiger partial charge in [-0.05, 0) is 23.1 Å². The maximum Gasteiger partial charge on any atom is 0.253 e. The zero-order valence-electron chi connectivity index (χ0n) is 16.1. The molecule has 3 aromatic rings. The van der Waals surface area contributed by atoms with E-state index < -0.39 is 0 Å². The van der Waals surface area contributed by atoms with Crippen molar-refractivity contribution in [1.82, 2.24) is 19.8 Å². The molecule has 29 heavy (non-hydrogen) atoms. The van der Waals surface area contributed by atoms with Crippen LogP contribution in [-0.2, 0) is 4.79 Å². The van der Waals surface area contributed by atoms with Crippen LogP contribution in [0.5, 0.6) is 0 Å². The van der Waals surface area contributed by atoms with Crippen molar-refractivity contribution in [2.24, 2.45) is 0 Å². The lowest BCUT2D eigenvalue weighted by molar-refractivity contribution is -0.133. The molecule has 0 radical (unpaired) electrons. The minimum Gasteiger partial charge on any atom is -0.352 e. The Morgan fingerprint density at radius 1 is 1.10 bits per heavy atom. The van der Waals surface area contributed by atoms with Gasteiger partial charge < -0.3 is 14.7 Å². The molecule has 1 fully saturated rings. The van der Waals surface area contributed by atoms with E-state index in [4.69, 9.17) is 0 Å². The van der Waals surface area contributed by atoms with Gasteiger partial charge in [-0.1, -0.05) is 18.2 Å². The highest BCUT2D eigenvalue weighted by atomic mass is 32.1. The minimum absolute atomic E-state index is 0.0157. The molecule has 2 aromatic heterocycles. The molecule has 0 aliphatic carbocycles. The predicted molar refractivity (Wildman–Crippen MR) is 112 cm³/mol. The summed E-state index contributed by atoms with van der Waals surface area (Å²) in [6.07, 6.45) is 1.61. The number of carbonyl (C=O) groups is 2. The molecule has 1 atom stereocenters. The Morgan fingerprint density at radius 2 is 1.90 bits per heavy atom. The monoisotopic (exact) mass is 407 g/mol. The van der Waals surface area contributed by atoms with Crippen molar-refractivity contribution >= 4 is 39.2 Å². The maximum atomic E-state index is 13.3. The van der Waals surface area contributed by atoms with Crippen LogP contribution in [0.3, 0.4) is 0 Å². The lowest BCUT2D eigenvalue weighted by atomic mass is 9.88. The number of anilines is 1. The summed E-state index contributed by atoms with van der Waals surface area (Å²) in [6.45, 7) is 3.18. The van der Waals surface area contributed by atoms with E-state index in [0.29, 0.717) is 25.2 Å². The third kappa shape index (κ3) is 3.04. The molecule has 0 saturated carbocycles. The molecule has 2 aliphatic heterocycles. The summed E-state index contributed by atoms with van der Waals surface area (Å²) in [5.74, 6) is 0.720. The van der Waals surface area contributed by atoms with Crippen LogP contribution in [0, 0.1) is 0 Å². The Kier molecular flexibility index (Phi) is 4.43. The molecule has 1 saturated heterocycles. The van der Waals surface area contributed by atoms with Gasteiger partial charge in [-0.25, -0.2) is 9.97 Å². The Morgan fingerprint density at radius 3 is 2.72 bits per heavy atom. The van der Waals surface area contributed by atoms with Crippen molar-refractivity contribution in [2.75, 3.05) is 44.7 Å². The summed E-state index contributed by atoms with van der Waals surface area (Å²) >= 11 is 1.61. The fraction of sp³-hybridized carbons (Fsp3) is 0.333. The topological polar surface area (TPSA) is 69.6 Å². The van der Waals surface area contributed by atoms with Crippen LogP contribution in [0.4, 0.5) is 5.82 Å². The second-order valence-electron chi connectivity index (χ2n) is 7.47. The van der Waals surface area contributed by atoms with E-state index in [0.717, 1.165) is 34.7 Å². The number of nitrogens with zero attached hydrogens (tertiary/aromatic N) is 5. The summed E-state index contributed by atoms with van der Waals surface area (Å²) in [6, 6.07) is 9.53. The van der Waals surface area contributed by atoms with Crippen LogP contribution in [-0.4, -0.2) is 71.4 Å². The lowest BCUT2D eigenvalue weighted by Gasteiger charge is -2.39. The number of aromatic nitrogens is 2. The fourth-order valence-electron chi connectivity index (χ4n) is 4.26. The molecule has 1 aromatic carbocycles. The first-order valence-corrected chi connectivity index (χ1v) is 10.6. The Hall–Kier alpha value is -3.00. The molecule has 2 aliphatic rings. The molecule has 8 heteroatoms. The normalized spacial score (nSPS) is 19.6. The number of hydrogen-bond donors (Lipinski definition) is 0. The van der Waals surface area contributed by atoms with Gasteiger partial charge in [-0.2, -0.15) is 0 Å². The van der Waals surface area contributed by atoms with Gasteiger partial charge in [0.25, 0.3) is 5.91 Å². The third-order valence-electron chi connectivity index (χ3n) is 5.80. The maximum absolute atomic E-state index is 13.3. The number of carbonyl (C=O) groups excluding carboxylic acids is 2. The molecule has 0 N–H and O–H groups in total. The number of likely N-dealkylation sites (N-methyl/N-ethyl adjacent to an activating group) is 1. The number of rotatable bonds is 2. The van der Waals surface area contributed by atoms with E-state index in [-0.39, 0.29) is 17.7 Å². The molecular formula is C21H21N5O2S. The summed E-state index contributed by atoms with van der Waals surface area (Å²) in [5, 5.41) is 3.10. The molecule has 4 heterocycles. The number of hydrogen-bond acceptors (Lipinski definition) is 6. The molecule has 5 rings (SSSR count). The van der Waals surface area contributed by atoms with Crippen LogP contribution < -0.4 is 4.90 Å². The van der Waals surface area contributed by atoms with Crippen molar-refractivity contribution in [2.45, 2.75) is 5.92 Å². The van der Waals surface area contributed by atoms with E-state index in [9.17, 15) is 9.59 Å². The number of fused-ring (bicyclic) bond motifs is 2. The summed E-state index contributed by atoms with van der Waals surface area (Å²) in [7, 11) is 1.76. The SMILES string of the molecule is CN1CC(C(=O)N2CCN(c3ncnc4sccc34)CC2)c2ccccc2C1=O. The third-order valence-corrected chi connectivity index (χ3v) is 6.62. The van der Waals surface area contributed by atoms with Crippen LogP contribution in [0.2, 0.25) is 0 Å². The molecule has 2 amide bonds. The highest BCUT2D eigenvalue weighted by Crippen LogP contribution is 2.31. The van der Waals surface area contributed by atoms with Crippen molar-refractivity contribution in [1.29, 1.82) is 0 Å². The molecule has 7 nitrogen and oxygen atoms in total. The first kappa shape index (κ1) is 18.1. The quantitative estimate of drug-likeness (QED) is 0.652. The van der Waals surface area contributed by atoms with Gasteiger partial charge in [-0.15, -0.1) is 11.3 Å². The summed E-state index contributed by atoms with van der Waals surface area (Å²) in [5.41, 5.74) is 1.48. The van der Waals surface area contributed by atoms with E-state index in [1.54, 1.807) is 29.6 Å². The number of benzene rings is 1. The predicted octanol–water partition coefficient (Wildman–Crippen LogP) is 2.21. The Bertz CT molecular complexity index is 1090.